The topological polar surface area (TPSA) is 51.0 Å². The Kier molecular flexibility index (Phi) is 3.07. The molecular formula is C14H16ClN3O. The van der Waals surface area contributed by atoms with Gasteiger partial charge < -0.3 is 9.84 Å². The van der Waals surface area contributed by atoms with E-state index in [1.54, 1.807) is 0 Å². The van der Waals surface area contributed by atoms with Crippen molar-refractivity contribution in [1.82, 2.24) is 15.5 Å². The molecule has 1 N–H and O–H groups in total. The van der Waals surface area contributed by atoms with E-state index in [0.29, 0.717) is 5.92 Å². The van der Waals surface area contributed by atoms with Gasteiger partial charge in [-0.2, -0.15) is 0 Å². The van der Waals surface area contributed by atoms with Crippen LogP contribution >= 0.6 is 12.4 Å². The van der Waals surface area contributed by atoms with Crippen LogP contribution in [0.3, 0.4) is 0 Å². The fourth-order valence-corrected chi connectivity index (χ4v) is 3.26. The van der Waals surface area contributed by atoms with Gasteiger partial charge in [0.15, 0.2) is 0 Å². The molecule has 1 saturated carbocycles. The van der Waals surface area contributed by atoms with Crippen LogP contribution in [-0.2, 0) is 0 Å². The Morgan fingerprint density at radius 2 is 2.05 bits per heavy atom. The van der Waals surface area contributed by atoms with E-state index in [0.717, 1.165) is 47.6 Å². The second-order valence-electron chi connectivity index (χ2n) is 5.23. The summed E-state index contributed by atoms with van der Waals surface area (Å²) < 4.78 is 5.41. The molecule has 2 aromatic rings. The number of halogens is 1. The molecule has 0 bridgehead atoms. The van der Waals surface area contributed by atoms with Gasteiger partial charge in [-0.1, -0.05) is 11.2 Å². The molecule has 2 aromatic heterocycles. The summed E-state index contributed by atoms with van der Waals surface area (Å²) in [5, 5.41) is 7.71. The van der Waals surface area contributed by atoms with Crippen LogP contribution in [0.4, 0.5) is 0 Å². The number of hydrogen-bond acceptors (Lipinski definition) is 4. The molecule has 0 spiro atoms. The molecule has 4 nitrogen and oxygen atoms in total. The summed E-state index contributed by atoms with van der Waals surface area (Å²) in [6.07, 6.45) is 1.82. The highest BCUT2D eigenvalue weighted by Crippen LogP contribution is 2.57. The van der Waals surface area contributed by atoms with Crippen LogP contribution in [0.5, 0.6) is 0 Å². The van der Waals surface area contributed by atoms with E-state index >= 15 is 0 Å². The molecule has 1 aliphatic carbocycles. The predicted octanol–water partition coefficient (Wildman–Crippen LogP) is 2.40. The first-order valence-electron chi connectivity index (χ1n) is 6.44. The second kappa shape index (κ2) is 4.62. The molecule has 100 valence electrons. The number of nitrogens with one attached hydrogen (secondary N) is 1. The Balaban J connectivity index is 0.00000110. The quantitative estimate of drug-likeness (QED) is 0.916. The maximum Gasteiger partial charge on any atom is 0.143 e. The van der Waals surface area contributed by atoms with Gasteiger partial charge in [-0.3, -0.25) is 4.98 Å². The van der Waals surface area contributed by atoms with Crippen LogP contribution in [0.15, 0.2) is 28.9 Å². The van der Waals surface area contributed by atoms with E-state index in [9.17, 15) is 0 Å². The summed E-state index contributed by atoms with van der Waals surface area (Å²) in [7, 11) is 0. The molecule has 0 amide bonds. The molecule has 1 saturated heterocycles. The zero-order valence-corrected chi connectivity index (χ0v) is 11.5. The van der Waals surface area contributed by atoms with E-state index in [-0.39, 0.29) is 12.4 Å². The molecule has 0 aromatic carbocycles. The predicted molar refractivity (Wildman–Crippen MR) is 74.3 cm³/mol. The highest BCUT2D eigenvalue weighted by atomic mass is 35.5. The van der Waals surface area contributed by atoms with E-state index in [2.05, 4.69) is 15.5 Å². The molecule has 4 rings (SSSR count). The van der Waals surface area contributed by atoms with Crippen LogP contribution in [-0.4, -0.2) is 23.2 Å². The Morgan fingerprint density at radius 3 is 2.74 bits per heavy atom. The number of pyridine rings is 1. The highest BCUT2D eigenvalue weighted by molar-refractivity contribution is 5.85. The molecule has 2 atom stereocenters. The van der Waals surface area contributed by atoms with Gasteiger partial charge in [-0.15, -0.1) is 12.4 Å². The van der Waals surface area contributed by atoms with Crippen molar-refractivity contribution < 1.29 is 4.52 Å². The van der Waals surface area contributed by atoms with Crippen molar-refractivity contribution in [1.29, 1.82) is 0 Å². The van der Waals surface area contributed by atoms with Crippen molar-refractivity contribution >= 4 is 12.4 Å². The average molecular weight is 278 g/mol. The zero-order valence-electron chi connectivity index (χ0n) is 10.7. The largest absolute Gasteiger partial charge is 0.361 e. The maximum atomic E-state index is 5.41. The SMILES string of the molecule is Cc1onc(C2C3CNCC32)c1-c1ccccn1.Cl. The molecule has 1 aliphatic heterocycles. The number of aromatic nitrogens is 2. The van der Waals surface area contributed by atoms with Gasteiger partial charge in [0.2, 0.25) is 0 Å². The molecule has 2 unspecified atom stereocenters. The van der Waals surface area contributed by atoms with Crippen molar-refractivity contribution in [2.24, 2.45) is 11.8 Å². The van der Waals surface area contributed by atoms with Gasteiger partial charge in [-0.05, 0) is 44.0 Å². The lowest BCUT2D eigenvalue weighted by molar-refractivity contribution is 0.388. The van der Waals surface area contributed by atoms with Gasteiger partial charge in [-0.25, -0.2) is 0 Å². The standard InChI is InChI=1S/C14H15N3O.ClH/c1-8-12(11-4-2-3-5-16-11)14(17-18-8)13-9-6-15-7-10(9)13;/h2-5,9-10,13,15H,6-7H2,1H3;1H. The molecular weight excluding hydrogens is 262 g/mol. The Morgan fingerprint density at radius 1 is 1.26 bits per heavy atom. The number of rotatable bonds is 2. The van der Waals surface area contributed by atoms with Crippen LogP contribution in [0.1, 0.15) is 17.4 Å². The highest BCUT2D eigenvalue weighted by Gasteiger charge is 2.56. The minimum atomic E-state index is 0. The first-order valence-corrected chi connectivity index (χ1v) is 6.44. The van der Waals surface area contributed by atoms with Crippen molar-refractivity contribution in [3.63, 3.8) is 0 Å². The maximum absolute atomic E-state index is 5.41. The van der Waals surface area contributed by atoms with Crippen LogP contribution in [0.25, 0.3) is 11.3 Å². The lowest BCUT2D eigenvalue weighted by atomic mass is 10.0. The van der Waals surface area contributed by atoms with Crippen LogP contribution in [0.2, 0.25) is 0 Å². The fraction of sp³-hybridized carbons (Fsp3) is 0.429. The molecule has 2 fully saturated rings. The van der Waals surface area contributed by atoms with E-state index < -0.39 is 0 Å². The van der Waals surface area contributed by atoms with Crippen molar-refractivity contribution in [3.8, 4) is 11.3 Å². The van der Waals surface area contributed by atoms with Crippen molar-refractivity contribution in [2.75, 3.05) is 13.1 Å². The third-order valence-electron chi connectivity index (χ3n) is 4.22. The summed E-state index contributed by atoms with van der Waals surface area (Å²) in [6.45, 7) is 4.20. The van der Waals surface area contributed by atoms with Gasteiger partial charge >= 0.3 is 0 Å². The normalized spacial score (nSPS) is 27.7. The van der Waals surface area contributed by atoms with Gasteiger partial charge in [0.1, 0.15) is 5.76 Å². The summed E-state index contributed by atoms with van der Waals surface area (Å²) in [5.41, 5.74) is 3.20. The second-order valence-corrected chi connectivity index (χ2v) is 5.23. The molecule has 2 aliphatic rings. The Bertz CT molecular complexity index is 574. The third kappa shape index (κ3) is 1.86. The minimum absolute atomic E-state index is 0. The van der Waals surface area contributed by atoms with E-state index in [1.165, 1.54) is 0 Å². The summed E-state index contributed by atoms with van der Waals surface area (Å²) in [5.74, 6) is 2.94. The molecule has 3 heterocycles. The monoisotopic (exact) mass is 277 g/mol. The Hall–Kier alpha value is -1.39. The number of piperidine rings is 1. The molecule has 19 heavy (non-hydrogen) atoms. The summed E-state index contributed by atoms with van der Waals surface area (Å²) >= 11 is 0. The Labute approximate surface area is 118 Å². The van der Waals surface area contributed by atoms with E-state index in [4.69, 9.17) is 4.52 Å². The van der Waals surface area contributed by atoms with Gasteiger partial charge in [0, 0.05) is 12.1 Å². The summed E-state index contributed by atoms with van der Waals surface area (Å²) in [4.78, 5) is 4.43. The van der Waals surface area contributed by atoms with Crippen LogP contribution in [0, 0.1) is 18.8 Å². The summed E-state index contributed by atoms with van der Waals surface area (Å²) in [6, 6.07) is 5.97. The third-order valence-corrected chi connectivity index (χ3v) is 4.22. The van der Waals surface area contributed by atoms with Crippen molar-refractivity contribution in [3.05, 3.63) is 35.9 Å². The van der Waals surface area contributed by atoms with E-state index in [1.807, 2.05) is 31.3 Å². The lowest BCUT2D eigenvalue weighted by Gasteiger charge is -2.04. The minimum Gasteiger partial charge on any atom is -0.361 e. The van der Waals surface area contributed by atoms with Crippen LogP contribution < -0.4 is 5.32 Å². The number of nitrogens with zero attached hydrogens (tertiary/aromatic N) is 2. The molecule has 5 heteroatoms. The number of hydrogen-bond donors (Lipinski definition) is 1. The smallest absolute Gasteiger partial charge is 0.143 e. The molecule has 0 radical (unpaired) electrons. The van der Waals surface area contributed by atoms with Crippen molar-refractivity contribution in [2.45, 2.75) is 12.8 Å². The fourth-order valence-electron chi connectivity index (χ4n) is 3.26. The number of fused-ring (bicyclic) bond motifs is 1. The zero-order chi connectivity index (χ0) is 12.1. The van der Waals surface area contributed by atoms with Gasteiger partial charge in [0.05, 0.1) is 17.0 Å². The first-order chi connectivity index (χ1) is 8.86. The first kappa shape index (κ1) is 12.6. The number of aryl methyl sites for hydroxylation is 1. The lowest BCUT2D eigenvalue weighted by Crippen LogP contribution is -2.14. The average Bonchev–Trinajstić information content (AvgIpc) is 2.79. The van der Waals surface area contributed by atoms with Gasteiger partial charge in [0.25, 0.3) is 0 Å².